The van der Waals surface area contributed by atoms with Gasteiger partial charge >= 0.3 is 0 Å². The molecule has 1 saturated heterocycles. The van der Waals surface area contributed by atoms with Crippen molar-refractivity contribution < 1.29 is 17.9 Å². The molecule has 32 heavy (non-hydrogen) atoms. The highest BCUT2D eigenvalue weighted by Gasteiger charge is 2.35. The number of sulfonamides is 1. The van der Waals surface area contributed by atoms with Gasteiger partial charge in [0.25, 0.3) is 10.0 Å². The summed E-state index contributed by atoms with van der Waals surface area (Å²) in [7, 11) is -0.103. The van der Waals surface area contributed by atoms with Crippen LogP contribution in [0.3, 0.4) is 0 Å². The Hall–Kier alpha value is -2.69. The Morgan fingerprint density at radius 3 is 2.69 bits per heavy atom. The summed E-state index contributed by atoms with van der Waals surface area (Å²) in [4.78, 5) is 17.7. The number of aromatic nitrogens is 2. The zero-order valence-corrected chi connectivity index (χ0v) is 19.6. The van der Waals surface area contributed by atoms with Crippen molar-refractivity contribution in [3.8, 4) is 5.75 Å². The fraction of sp³-hybridized carbons (Fsp3) is 0.364. The van der Waals surface area contributed by atoms with E-state index in [0.29, 0.717) is 29.4 Å². The zero-order chi connectivity index (χ0) is 22.7. The first-order chi connectivity index (χ1) is 15.4. The molecule has 2 aromatic heterocycles. The third kappa shape index (κ3) is 4.57. The number of piperidine rings is 1. The second kappa shape index (κ2) is 9.43. The number of rotatable bonds is 7. The van der Waals surface area contributed by atoms with Crippen LogP contribution in [0.2, 0.25) is 0 Å². The molecule has 0 saturated carbocycles. The van der Waals surface area contributed by atoms with Crippen LogP contribution in [0.25, 0.3) is 0 Å². The first-order valence-electron chi connectivity index (χ1n) is 10.4. The lowest BCUT2D eigenvalue weighted by Crippen LogP contribution is -2.46. The normalized spacial score (nSPS) is 18.2. The second-order valence-electron chi connectivity index (χ2n) is 7.75. The van der Waals surface area contributed by atoms with E-state index in [9.17, 15) is 13.2 Å². The minimum Gasteiger partial charge on any atom is -0.497 e. The number of carbonyl (C=O) groups is 1. The van der Waals surface area contributed by atoms with E-state index in [4.69, 9.17) is 4.74 Å². The quantitative estimate of drug-likeness (QED) is 0.568. The molecule has 3 heterocycles. The van der Waals surface area contributed by atoms with Gasteiger partial charge in [0.1, 0.15) is 21.8 Å². The largest absolute Gasteiger partial charge is 0.497 e. The topological polar surface area (TPSA) is 93.5 Å². The number of thiophene rings is 1. The highest BCUT2D eigenvalue weighted by molar-refractivity contribution is 7.91. The van der Waals surface area contributed by atoms with Gasteiger partial charge in [0.05, 0.1) is 13.0 Å². The van der Waals surface area contributed by atoms with E-state index >= 15 is 0 Å². The van der Waals surface area contributed by atoms with E-state index in [-0.39, 0.29) is 12.5 Å². The van der Waals surface area contributed by atoms with Crippen molar-refractivity contribution in [2.75, 3.05) is 20.2 Å². The van der Waals surface area contributed by atoms with E-state index in [0.717, 1.165) is 11.3 Å². The number of hydrogen-bond acceptors (Lipinski definition) is 6. The minimum atomic E-state index is -3.58. The van der Waals surface area contributed by atoms with E-state index in [1.807, 2.05) is 42.1 Å². The number of ether oxygens (including phenoxy) is 1. The Morgan fingerprint density at radius 1 is 1.28 bits per heavy atom. The zero-order valence-electron chi connectivity index (χ0n) is 18.0. The van der Waals surface area contributed by atoms with Crippen molar-refractivity contribution in [2.45, 2.75) is 23.1 Å². The molecule has 1 amide bonds. The van der Waals surface area contributed by atoms with Crippen LogP contribution < -0.4 is 10.1 Å². The van der Waals surface area contributed by atoms with Crippen LogP contribution in [0.5, 0.6) is 5.75 Å². The standard InChI is InChI=1S/C22H26N4O4S2/c1-25-13-11-23-21(25)20(16-7-9-18(30-2)10-8-16)24-22(27)17-5-3-12-26(15-17)32(28,29)19-6-4-14-31-19/h4,6-11,13-14,17,20H,3,5,12,15H2,1-2H3,(H,24,27). The number of methoxy groups -OCH3 is 1. The summed E-state index contributed by atoms with van der Waals surface area (Å²) < 4.78 is 34.7. The molecule has 8 nitrogen and oxygen atoms in total. The highest BCUT2D eigenvalue weighted by atomic mass is 32.2. The minimum absolute atomic E-state index is 0.169. The Morgan fingerprint density at radius 2 is 2.06 bits per heavy atom. The number of nitrogens with zero attached hydrogens (tertiary/aromatic N) is 3. The van der Waals surface area contributed by atoms with Crippen LogP contribution in [0.15, 0.2) is 58.4 Å². The van der Waals surface area contributed by atoms with Crippen molar-refractivity contribution in [2.24, 2.45) is 13.0 Å². The lowest BCUT2D eigenvalue weighted by molar-refractivity contribution is -0.126. The summed E-state index contributed by atoms with van der Waals surface area (Å²) in [6.07, 6.45) is 4.79. The molecule has 2 atom stereocenters. The molecule has 0 spiro atoms. The average molecular weight is 475 g/mol. The van der Waals surface area contributed by atoms with Crippen LogP contribution in [0, 0.1) is 5.92 Å². The smallest absolute Gasteiger partial charge is 0.252 e. The Labute approximate surface area is 191 Å². The van der Waals surface area contributed by atoms with Crippen LogP contribution in [0.1, 0.15) is 30.3 Å². The number of nitrogens with one attached hydrogen (secondary N) is 1. The van der Waals surface area contributed by atoms with Gasteiger partial charge in [-0.25, -0.2) is 13.4 Å². The van der Waals surface area contributed by atoms with Gasteiger partial charge in [0.15, 0.2) is 0 Å². The van der Waals surface area contributed by atoms with Crippen molar-refractivity contribution in [3.05, 3.63) is 65.6 Å². The van der Waals surface area contributed by atoms with Crippen LogP contribution in [-0.4, -0.2) is 48.4 Å². The van der Waals surface area contributed by atoms with Gasteiger partial charge in [-0.2, -0.15) is 4.31 Å². The summed E-state index contributed by atoms with van der Waals surface area (Å²) in [6, 6.07) is 10.3. The lowest BCUT2D eigenvalue weighted by atomic mass is 9.97. The van der Waals surface area contributed by atoms with Gasteiger partial charge in [-0.05, 0) is 42.0 Å². The lowest BCUT2D eigenvalue weighted by Gasteiger charge is -2.32. The number of imidazole rings is 1. The Kier molecular flexibility index (Phi) is 6.63. The molecule has 0 aliphatic carbocycles. The molecule has 1 N–H and O–H groups in total. The molecular formula is C22H26N4O4S2. The number of benzene rings is 1. The summed E-state index contributed by atoms with van der Waals surface area (Å²) in [5, 5.41) is 4.85. The predicted octanol–water partition coefficient (Wildman–Crippen LogP) is 2.80. The maximum Gasteiger partial charge on any atom is 0.252 e. The van der Waals surface area contributed by atoms with Crippen LogP contribution >= 0.6 is 11.3 Å². The molecule has 1 aliphatic rings. The maximum atomic E-state index is 13.3. The summed E-state index contributed by atoms with van der Waals surface area (Å²) in [6.45, 7) is 0.591. The third-order valence-electron chi connectivity index (χ3n) is 5.70. The predicted molar refractivity (Wildman–Crippen MR) is 122 cm³/mol. The van der Waals surface area contributed by atoms with Crippen molar-refractivity contribution in [1.82, 2.24) is 19.2 Å². The fourth-order valence-electron chi connectivity index (χ4n) is 3.92. The van der Waals surface area contributed by atoms with Gasteiger partial charge in [0.2, 0.25) is 5.91 Å². The van der Waals surface area contributed by atoms with E-state index < -0.39 is 22.0 Å². The van der Waals surface area contributed by atoms with E-state index in [1.165, 1.54) is 15.6 Å². The first-order valence-corrected chi connectivity index (χ1v) is 12.7. The monoisotopic (exact) mass is 474 g/mol. The molecule has 1 aliphatic heterocycles. The molecule has 3 aromatic rings. The van der Waals surface area contributed by atoms with Gasteiger partial charge in [-0.1, -0.05) is 18.2 Å². The molecule has 10 heteroatoms. The number of hydrogen-bond donors (Lipinski definition) is 1. The number of aryl methyl sites for hydroxylation is 1. The number of carbonyl (C=O) groups excluding carboxylic acids is 1. The van der Waals surface area contributed by atoms with Crippen molar-refractivity contribution in [1.29, 1.82) is 0 Å². The second-order valence-corrected chi connectivity index (χ2v) is 10.9. The van der Waals surface area contributed by atoms with Crippen LogP contribution in [0.4, 0.5) is 0 Å². The van der Waals surface area contributed by atoms with Gasteiger partial charge in [-0.15, -0.1) is 11.3 Å². The molecule has 0 bridgehead atoms. The Bertz CT molecular complexity index is 1160. The third-order valence-corrected chi connectivity index (χ3v) is 8.93. The molecule has 0 radical (unpaired) electrons. The molecule has 1 fully saturated rings. The number of amides is 1. The first kappa shape index (κ1) is 22.5. The van der Waals surface area contributed by atoms with Gasteiger partial charge < -0.3 is 14.6 Å². The average Bonchev–Trinajstić information content (AvgIpc) is 3.50. The fourth-order valence-corrected chi connectivity index (χ4v) is 6.59. The Balaban J connectivity index is 1.54. The van der Waals surface area contributed by atoms with Crippen LogP contribution in [-0.2, 0) is 21.9 Å². The van der Waals surface area contributed by atoms with Gasteiger partial charge in [-0.3, -0.25) is 4.79 Å². The van der Waals surface area contributed by atoms with E-state index in [1.54, 1.807) is 30.8 Å². The van der Waals surface area contributed by atoms with Gasteiger partial charge in [0, 0.05) is 32.5 Å². The summed E-state index contributed by atoms with van der Waals surface area (Å²) in [5.74, 6) is 0.808. The van der Waals surface area contributed by atoms with Crippen molar-refractivity contribution in [3.63, 3.8) is 0 Å². The van der Waals surface area contributed by atoms with Crippen molar-refractivity contribution >= 4 is 27.3 Å². The molecule has 2 unspecified atom stereocenters. The molecule has 1 aromatic carbocycles. The highest BCUT2D eigenvalue weighted by Crippen LogP contribution is 2.28. The SMILES string of the molecule is COc1ccc(C(NC(=O)C2CCCN(S(=O)(=O)c3cccs3)C2)c2nccn2C)cc1. The summed E-state index contributed by atoms with van der Waals surface area (Å²) >= 11 is 1.19. The van der Waals surface area contributed by atoms with E-state index in [2.05, 4.69) is 10.3 Å². The summed E-state index contributed by atoms with van der Waals surface area (Å²) in [5.41, 5.74) is 0.868. The maximum absolute atomic E-state index is 13.3. The molecule has 170 valence electrons. The molecular weight excluding hydrogens is 448 g/mol. The molecule has 4 rings (SSSR count).